The van der Waals surface area contributed by atoms with Gasteiger partial charge in [-0.1, -0.05) is 6.08 Å². The van der Waals surface area contributed by atoms with Gasteiger partial charge in [-0.05, 0) is 51.5 Å². The maximum absolute atomic E-state index is 11.3. The number of Topliss-reactive ketones (excluding diaryl/α,β-unsaturated/α-hetero) is 1. The molecule has 1 aliphatic heterocycles. The first-order chi connectivity index (χ1) is 7.39. The summed E-state index contributed by atoms with van der Waals surface area (Å²) in [7, 11) is 0. The summed E-state index contributed by atoms with van der Waals surface area (Å²) in [5.74, 6) is 0.974. The summed E-state index contributed by atoms with van der Waals surface area (Å²) in [6.45, 7) is 7.59. The molecule has 1 heterocycles. The highest BCUT2D eigenvalue weighted by atomic mass is 16.5. The number of fused-ring (bicyclic) bond motifs is 1. The molecule has 0 amide bonds. The second-order valence-electron chi connectivity index (χ2n) is 4.81. The average Bonchev–Trinajstić information content (AvgIpc) is 2.18. The third kappa shape index (κ3) is 1.87. The molecule has 2 heteroatoms. The molecule has 1 aliphatic rings. The molecular formula is C14H16O2. The van der Waals surface area contributed by atoms with Crippen LogP contribution in [0.2, 0.25) is 0 Å². The quantitative estimate of drug-likeness (QED) is 0.673. The molecule has 1 aromatic carbocycles. The predicted molar refractivity (Wildman–Crippen MR) is 64.9 cm³/mol. The lowest BCUT2D eigenvalue weighted by Crippen LogP contribution is -2.28. The van der Waals surface area contributed by atoms with Crippen molar-refractivity contribution >= 4 is 11.9 Å². The zero-order chi connectivity index (χ0) is 11.9. The first kappa shape index (κ1) is 10.9. The Morgan fingerprint density at radius 3 is 2.62 bits per heavy atom. The molecule has 2 nitrogen and oxygen atoms in total. The number of carbonyl (C=O) groups is 1. The van der Waals surface area contributed by atoms with E-state index in [4.69, 9.17) is 4.74 Å². The summed E-state index contributed by atoms with van der Waals surface area (Å²) in [5.41, 5.74) is 2.48. The standard InChI is InChI=1S/C14H16O2/c1-9-7-12(10(2)15)8-11-5-6-14(3,4)16-13(9)11/h5-8H,1-4H3. The molecule has 0 atom stereocenters. The number of rotatable bonds is 1. The molecule has 1 aromatic rings. The molecular weight excluding hydrogens is 200 g/mol. The normalized spacial score (nSPS) is 16.5. The Kier molecular flexibility index (Phi) is 2.38. The second kappa shape index (κ2) is 3.48. The van der Waals surface area contributed by atoms with E-state index in [9.17, 15) is 4.79 Å². The Morgan fingerprint density at radius 2 is 2.00 bits per heavy atom. The molecule has 0 aliphatic carbocycles. The van der Waals surface area contributed by atoms with Crippen molar-refractivity contribution in [1.82, 2.24) is 0 Å². The molecule has 16 heavy (non-hydrogen) atoms. The zero-order valence-electron chi connectivity index (χ0n) is 10.1. The van der Waals surface area contributed by atoms with E-state index in [1.807, 2.05) is 45.1 Å². The van der Waals surface area contributed by atoms with E-state index in [0.29, 0.717) is 0 Å². The lowest BCUT2D eigenvalue weighted by molar-refractivity contribution is 0.101. The van der Waals surface area contributed by atoms with Crippen molar-refractivity contribution in [3.63, 3.8) is 0 Å². The number of ether oxygens (including phenoxy) is 1. The Labute approximate surface area is 95.9 Å². The second-order valence-corrected chi connectivity index (χ2v) is 4.81. The third-order valence-electron chi connectivity index (χ3n) is 2.74. The molecule has 0 radical (unpaired) electrons. The predicted octanol–water partition coefficient (Wildman–Crippen LogP) is 3.38. The molecule has 0 saturated carbocycles. The van der Waals surface area contributed by atoms with Crippen molar-refractivity contribution < 1.29 is 9.53 Å². The van der Waals surface area contributed by atoms with Crippen LogP contribution in [0.3, 0.4) is 0 Å². The molecule has 2 rings (SSSR count). The van der Waals surface area contributed by atoms with Crippen LogP contribution in [0, 0.1) is 6.92 Å². The van der Waals surface area contributed by atoms with Crippen LogP contribution in [0.5, 0.6) is 5.75 Å². The van der Waals surface area contributed by atoms with Crippen LogP contribution in [0.1, 0.15) is 42.3 Å². The van der Waals surface area contributed by atoms with Crippen LogP contribution < -0.4 is 4.74 Å². The Morgan fingerprint density at radius 1 is 1.31 bits per heavy atom. The van der Waals surface area contributed by atoms with E-state index in [0.717, 1.165) is 22.4 Å². The third-order valence-corrected chi connectivity index (χ3v) is 2.74. The highest BCUT2D eigenvalue weighted by molar-refractivity contribution is 5.95. The zero-order valence-corrected chi connectivity index (χ0v) is 10.1. The molecule has 0 spiro atoms. The number of hydrogen-bond acceptors (Lipinski definition) is 2. The monoisotopic (exact) mass is 216 g/mol. The molecule has 0 unspecified atom stereocenters. The fourth-order valence-corrected chi connectivity index (χ4v) is 1.86. The van der Waals surface area contributed by atoms with Crippen LogP contribution in [0.15, 0.2) is 18.2 Å². The first-order valence-corrected chi connectivity index (χ1v) is 5.43. The molecule has 0 N–H and O–H groups in total. The Balaban J connectivity index is 2.56. The van der Waals surface area contributed by atoms with Gasteiger partial charge in [0.2, 0.25) is 0 Å². The minimum absolute atomic E-state index is 0.0872. The van der Waals surface area contributed by atoms with E-state index in [1.54, 1.807) is 6.92 Å². The van der Waals surface area contributed by atoms with Gasteiger partial charge in [0.15, 0.2) is 5.78 Å². The summed E-state index contributed by atoms with van der Waals surface area (Å²) in [6.07, 6.45) is 4.04. The minimum atomic E-state index is -0.268. The molecule has 0 bridgehead atoms. The largest absolute Gasteiger partial charge is 0.483 e. The van der Waals surface area contributed by atoms with Gasteiger partial charge >= 0.3 is 0 Å². The lowest BCUT2D eigenvalue weighted by Gasteiger charge is -2.29. The topological polar surface area (TPSA) is 26.3 Å². The van der Waals surface area contributed by atoms with Gasteiger partial charge < -0.3 is 4.74 Å². The summed E-state index contributed by atoms with van der Waals surface area (Å²) < 4.78 is 5.89. The fourth-order valence-electron chi connectivity index (χ4n) is 1.86. The summed E-state index contributed by atoms with van der Waals surface area (Å²) in [4.78, 5) is 11.3. The fraction of sp³-hybridized carbons (Fsp3) is 0.357. The van der Waals surface area contributed by atoms with Crippen molar-refractivity contribution in [3.05, 3.63) is 34.9 Å². The van der Waals surface area contributed by atoms with Crippen LogP contribution in [0.4, 0.5) is 0 Å². The van der Waals surface area contributed by atoms with E-state index >= 15 is 0 Å². The molecule has 0 aromatic heterocycles. The molecule has 0 saturated heterocycles. The van der Waals surface area contributed by atoms with E-state index in [1.165, 1.54) is 0 Å². The smallest absolute Gasteiger partial charge is 0.159 e. The van der Waals surface area contributed by atoms with Crippen LogP contribution >= 0.6 is 0 Å². The van der Waals surface area contributed by atoms with Gasteiger partial charge in [0.05, 0.1) is 0 Å². The Hall–Kier alpha value is -1.57. The average molecular weight is 216 g/mol. The Bertz CT molecular complexity index is 482. The van der Waals surface area contributed by atoms with Crippen molar-refractivity contribution in [3.8, 4) is 5.75 Å². The lowest BCUT2D eigenvalue weighted by atomic mass is 9.97. The number of benzene rings is 1. The number of carbonyl (C=O) groups excluding carboxylic acids is 1. The van der Waals surface area contributed by atoms with Crippen molar-refractivity contribution in [2.75, 3.05) is 0 Å². The van der Waals surface area contributed by atoms with Gasteiger partial charge in [0, 0.05) is 11.1 Å². The van der Waals surface area contributed by atoms with Gasteiger partial charge in [-0.15, -0.1) is 0 Å². The summed E-state index contributed by atoms with van der Waals surface area (Å²) in [5, 5.41) is 0. The maximum Gasteiger partial charge on any atom is 0.159 e. The highest BCUT2D eigenvalue weighted by Gasteiger charge is 2.23. The van der Waals surface area contributed by atoms with Gasteiger partial charge in [-0.2, -0.15) is 0 Å². The highest BCUT2D eigenvalue weighted by Crippen LogP contribution is 2.34. The van der Waals surface area contributed by atoms with E-state index < -0.39 is 0 Å². The summed E-state index contributed by atoms with van der Waals surface area (Å²) in [6, 6.07) is 3.77. The molecule has 84 valence electrons. The van der Waals surface area contributed by atoms with Gasteiger partial charge in [0.1, 0.15) is 11.4 Å². The number of ketones is 1. The van der Waals surface area contributed by atoms with E-state index in [2.05, 4.69) is 0 Å². The van der Waals surface area contributed by atoms with Crippen molar-refractivity contribution in [2.24, 2.45) is 0 Å². The van der Waals surface area contributed by atoms with Crippen LogP contribution in [-0.4, -0.2) is 11.4 Å². The van der Waals surface area contributed by atoms with E-state index in [-0.39, 0.29) is 11.4 Å². The van der Waals surface area contributed by atoms with Crippen molar-refractivity contribution in [2.45, 2.75) is 33.3 Å². The number of aryl methyl sites for hydroxylation is 1. The first-order valence-electron chi connectivity index (χ1n) is 5.43. The van der Waals surface area contributed by atoms with Crippen LogP contribution in [0.25, 0.3) is 6.08 Å². The van der Waals surface area contributed by atoms with Gasteiger partial charge in [0.25, 0.3) is 0 Å². The SMILES string of the molecule is CC(=O)c1cc(C)c2c(c1)C=CC(C)(C)O2. The summed E-state index contributed by atoms with van der Waals surface area (Å²) >= 11 is 0. The van der Waals surface area contributed by atoms with Crippen LogP contribution in [-0.2, 0) is 0 Å². The van der Waals surface area contributed by atoms with Crippen molar-refractivity contribution in [1.29, 1.82) is 0 Å². The molecule has 0 fully saturated rings. The minimum Gasteiger partial charge on any atom is -0.483 e. The number of hydrogen-bond donors (Lipinski definition) is 0. The van der Waals surface area contributed by atoms with Gasteiger partial charge in [-0.25, -0.2) is 0 Å². The maximum atomic E-state index is 11.3. The van der Waals surface area contributed by atoms with Gasteiger partial charge in [-0.3, -0.25) is 4.79 Å².